The van der Waals surface area contributed by atoms with Crippen LogP contribution in [0.4, 0.5) is 5.69 Å². The third-order valence-corrected chi connectivity index (χ3v) is 4.52. The van der Waals surface area contributed by atoms with E-state index in [1.807, 2.05) is 19.9 Å². The Morgan fingerprint density at radius 3 is 2.83 bits per heavy atom. The Labute approximate surface area is 112 Å². The highest BCUT2D eigenvalue weighted by atomic mass is 35.5. The molecule has 0 amide bonds. The molecular weight excluding hydrogens is 246 g/mol. The number of benzene rings is 1. The Balaban J connectivity index is 2.25. The van der Waals surface area contributed by atoms with Crippen molar-refractivity contribution in [1.29, 1.82) is 0 Å². The smallest absolute Gasteiger partial charge is 0.191 e. The van der Waals surface area contributed by atoms with E-state index in [0.717, 1.165) is 48.2 Å². The minimum absolute atomic E-state index is 0.0515. The van der Waals surface area contributed by atoms with E-state index in [-0.39, 0.29) is 5.78 Å². The maximum atomic E-state index is 12.7. The summed E-state index contributed by atoms with van der Waals surface area (Å²) < 4.78 is 0. The largest absolute Gasteiger partial charge is 0.292 e. The van der Waals surface area contributed by atoms with Gasteiger partial charge in [-0.2, -0.15) is 0 Å². The molecule has 0 N–H and O–H groups in total. The van der Waals surface area contributed by atoms with Gasteiger partial charge in [-0.05, 0) is 50.3 Å². The first-order chi connectivity index (χ1) is 8.52. The van der Waals surface area contributed by atoms with E-state index in [1.165, 1.54) is 0 Å². The summed E-state index contributed by atoms with van der Waals surface area (Å²) >= 11 is 6.58. The number of halogens is 1. The first-order valence-electron chi connectivity index (χ1n) is 6.45. The zero-order chi connectivity index (χ0) is 12.9. The summed E-state index contributed by atoms with van der Waals surface area (Å²) in [4.78, 5) is 16.5. The second-order valence-electron chi connectivity index (χ2n) is 5.37. The fraction of sp³-hybridized carbons (Fsp3) is 0.467. The van der Waals surface area contributed by atoms with Crippen LogP contribution in [0.5, 0.6) is 0 Å². The lowest BCUT2D eigenvalue weighted by Gasteiger charge is -2.35. The van der Waals surface area contributed by atoms with E-state index in [2.05, 4.69) is 6.07 Å². The summed E-state index contributed by atoms with van der Waals surface area (Å²) in [5, 5.41) is 0. The lowest BCUT2D eigenvalue weighted by atomic mass is 9.78. The number of aliphatic imine (C=N–C) groups is 1. The second-order valence-corrected chi connectivity index (χ2v) is 6.02. The summed E-state index contributed by atoms with van der Waals surface area (Å²) in [6, 6.07) is 3.99. The molecule has 0 saturated heterocycles. The van der Waals surface area contributed by atoms with Crippen molar-refractivity contribution < 1.29 is 4.79 Å². The molecule has 0 aromatic heterocycles. The maximum Gasteiger partial charge on any atom is 0.191 e. The van der Waals surface area contributed by atoms with Crippen molar-refractivity contribution in [3.8, 4) is 0 Å². The van der Waals surface area contributed by atoms with Crippen LogP contribution in [0.15, 0.2) is 17.1 Å². The molecule has 1 aliphatic carbocycles. The number of aryl methyl sites for hydroxylation is 2. The topological polar surface area (TPSA) is 29.4 Å². The first-order valence-corrected chi connectivity index (χ1v) is 6.83. The first kappa shape index (κ1) is 11.9. The van der Waals surface area contributed by atoms with Gasteiger partial charge in [-0.1, -0.05) is 12.5 Å². The Morgan fingerprint density at radius 1 is 1.28 bits per heavy atom. The molecule has 1 aliphatic heterocycles. The molecule has 1 atom stereocenters. The van der Waals surface area contributed by atoms with Gasteiger partial charge in [0, 0.05) is 11.3 Å². The number of ketones is 1. The van der Waals surface area contributed by atoms with Crippen molar-refractivity contribution >= 4 is 28.8 Å². The quantitative estimate of drug-likeness (QED) is 0.646. The summed E-state index contributed by atoms with van der Waals surface area (Å²) in [5.74, 6) is 0.0515. The Kier molecular flexibility index (Phi) is 2.60. The van der Waals surface area contributed by atoms with Gasteiger partial charge in [0.05, 0.1) is 5.69 Å². The summed E-state index contributed by atoms with van der Waals surface area (Å²) in [5.41, 5.74) is 4.57. The molecule has 3 rings (SSSR count). The van der Waals surface area contributed by atoms with Gasteiger partial charge in [0.15, 0.2) is 5.78 Å². The predicted molar refractivity (Wildman–Crippen MR) is 74.4 cm³/mol. The molecule has 1 aromatic carbocycles. The molecule has 0 bridgehead atoms. The van der Waals surface area contributed by atoms with Crippen molar-refractivity contribution in [3.05, 3.63) is 28.8 Å². The van der Waals surface area contributed by atoms with Crippen molar-refractivity contribution in [1.82, 2.24) is 0 Å². The van der Waals surface area contributed by atoms with Crippen LogP contribution in [0.2, 0.25) is 0 Å². The standard InChI is InChI=1S/C15H16ClNO/c1-9-7-10(2)13-11(8-9)14(18)15(16)6-4-3-5-12(15)17-13/h7-8H,3-6H2,1-2H3. The molecule has 1 heterocycles. The number of alkyl halides is 1. The van der Waals surface area contributed by atoms with Gasteiger partial charge in [-0.3, -0.25) is 9.79 Å². The van der Waals surface area contributed by atoms with Gasteiger partial charge in [0.2, 0.25) is 0 Å². The molecule has 2 nitrogen and oxygen atoms in total. The third kappa shape index (κ3) is 1.55. The monoisotopic (exact) mass is 261 g/mol. The Hall–Kier alpha value is -1.15. The lowest BCUT2D eigenvalue weighted by Crippen LogP contribution is -2.45. The van der Waals surface area contributed by atoms with E-state index in [4.69, 9.17) is 16.6 Å². The number of Topliss-reactive ketones (excluding diaryl/α,β-unsaturated/α-hetero) is 1. The number of hydrogen-bond donors (Lipinski definition) is 0. The molecule has 1 fully saturated rings. The number of fused-ring (bicyclic) bond motifs is 2. The summed E-state index contributed by atoms with van der Waals surface area (Å²) in [6.45, 7) is 4.01. The highest BCUT2D eigenvalue weighted by Gasteiger charge is 2.46. The Bertz CT molecular complexity index is 576. The average Bonchev–Trinajstić information content (AvgIpc) is 2.32. The van der Waals surface area contributed by atoms with Crippen LogP contribution in [0.1, 0.15) is 47.2 Å². The van der Waals surface area contributed by atoms with E-state index in [9.17, 15) is 4.79 Å². The van der Waals surface area contributed by atoms with Crippen molar-refractivity contribution in [2.75, 3.05) is 0 Å². The van der Waals surface area contributed by atoms with Gasteiger partial charge in [-0.25, -0.2) is 0 Å². The normalized spacial score (nSPS) is 26.4. The fourth-order valence-electron chi connectivity index (χ4n) is 3.02. The molecule has 3 heteroatoms. The molecule has 1 saturated carbocycles. The number of carbonyl (C=O) groups is 1. The molecule has 0 radical (unpaired) electrons. The lowest BCUT2D eigenvalue weighted by molar-refractivity contribution is 0.0956. The molecule has 1 aromatic rings. The van der Waals surface area contributed by atoms with Gasteiger partial charge in [-0.15, -0.1) is 11.6 Å². The van der Waals surface area contributed by atoms with E-state index in [1.54, 1.807) is 0 Å². The highest BCUT2D eigenvalue weighted by molar-refractivity contribution is 6.51. The summed E-state index contributed by atoms with van der Waals surface area (Å²) in [6.07, 6.45) is 3.66. The van der Waals surface area contributed by atoms with Crippen LogP contribution in [0, 0.1) is 13.8 Å². The van der Waals surface area contributed by atoms with Crippen LogP contribution in [0.25, 0.3) is 0 Å². The van der Waals surface area contributed by atoms with Gasteiger partial charge >= 0.3 is 0 Å². The fourth-order valence-corrected chi connectivity index (χ4v) is 3.39. The zero-order valence-electron chi connectivity index (χ0n) is 10.7. The molecule has 94 valence electrons. The SMILES string of the molecule is Cc1cc(C)c2c(c1)C(=O)C1(Cl)CCCCC1=N2. The van der Waals surface area contributed by atoms with E-state index in [0.29, 0.717) is 5.56 Å². The van der Waals surface area contributed by atoms with E-state index >= 15 is 0 Å². The minimum Gasteiger partial charge on any atom is -0.292 e. The number of rotatable bonds is 0. The van der Waals surface area contributed by atoms with Gasteiger partial charge < -0.3 is 0 Å². The molecule has 2 aliphatic rings. The summed E-state index contributed by atoms with van der Waals surface area (Å²) in [7, 11) is 0. The van der Waals surface area contributed by atoms with Gasteiger partial charge in [0.25, 0.3) is 0 Å². The van der Waals surface area contributed by atoms with Crippen molar-refractivity contribution in [2.45, 2.75) is 44.4 Å². The molecular formula is C15H16ClNO. The van der Waals surface area contributed by atoms with Crippen LogP contribution < -0.4 is 0 Å². The van der Waals surface area contributed by atoms with Crippen LogP contribution in [-0.4, -0.2) is 16.4 Å². The van der Waals surface area contributed by atoms with Gasteiger partial charge in [0.1, 0.15) is 4.87 Å². The number of nitrogens with zero attached hydrogens (tertiary/aromatic N) is 1. The highest BCUT2D eigenvalue weighted by Crippen LogP contribution is 2.43. The van der Waals surface area contributed by atoms with Crippen molar-refractivity contribution in [2.24, 2.45) is 4.99 Å². The molecule has 18 heavy (non-hydrogen) atoms. The third-order valence-electron chi connectivity index (χ3n) is 3.94. The van der Waals surface area contributed by atoms with Crippen LogP contribution >= 0.6 is 11.6 Å². The number of hydrogen-bond acceptors (Lipinski definition) is 2. The number of carbonyl (C=O) groups excluding carboxylic acids is 1. The minimum atomic E-state index is -0.856. The Morgan fingerprint density at radius 2 is 2.06 bits per heavy atom. The predicted octanol–water partition coefficient (Wildman–Crippen LogP) is 4.12. The second kappa shape index (κ2) is 3.92. The molecule has 1 unspecified atom stereocenters. The maximum absolute atomic E-state index is 12.7. The van der Waals surface area contributed by atoms with Crippen LogP contribution in [0.3, 0.4) is 0 Å². The zero-order valence-corrected chi connectivity index (χ0v) is 11.5. The average molecular weight is 262 g/mol. The van der Waals surface area contributed by atoms with E-state index < -0.39 is 4.87 Å². The van der Waals surface area contributed by atoms with Crippen molar-refractivity contribution in [3.63, 3.8) is 0 Å². The van der Waals surface area contributed by atoms with Crippen LogP contribution in [-0.2, 0) is 0 Å². The molecule has 0 spiro atoms.